The largest absolute Gasteiger partial charge is 0.383 e. The Kier molecular flexibility index (Phi) is 3.18. The van der Waals surface area contributed by atoms with E-state index in [1.54, 1.807) is 25.6 Å². The molecule has 0 saturated carbocycles. The summed E-state index contributed by atoms with van der Waals surface area (Å²) < 4.78 is 9.96. The second kappa shape index (κ2) is 4.77. The third kappa shape index (κ3) is 2.20. The van der Waals surface area contributed by atoms with Crippen molar-refractivity contribution in [3.8, 4) is 11.5 Å². The molecule has 0 aliphatic carbocycles. The highest BCUT2D eigenvalue weighted by Gasteiger charge is 2.14. The number of methoxy groups -OCH3 is 1. The number of hydrogen-bond donors (Lipinski definition) is 1. The van der Waals surface area contributed by atoms with Gasteiger partial charge in [0.15, 0.2) is 5.82 Å². The highest BCUT2D eigenvalue weighted by atomic mass is 16.5. The van der Waals surface area contributed by atoms with Crippen molar-refractivity contribution in [1.82, 2.24) is 20.3 Å². The second-order valence-corrected chi connectivity index (χ2v) is 3.15. The van der Waals surface area contributed by atoms with Gasteiger partial charge in [-0.1, -0.05) is 5.16 Å². The second-order valence-electron chi connectivity index (χ2n) is 3.15. The van der Waals surface area contributed by atoms with E-state index in [0.29, 0.717) is 23.9 Å². The number of nitrogens with two attached hydrogens (primary N) is 1. The molecular formula is C9H11N5O2. The first-order valence-corrected chi connectivity index (χ1v) is 4.66. The monoisotopic (exact) mass is 221 g/mol. The fraction of sp³-hybridized carbons (Fsp3) is 0.333. The van der Waals surface area contributed by atoms with Gasteiger partial charge in [0.1, 0.15) is 0 Å². The SMILES string of the molecule is COCC(N)c1noc(-c2ccnnc2)n1. The molecule has 2 aromatic heterocycles. The Balaban J connectivity index is 2.20. The highest BCUT2D eigenvalue weighted by Crippen LogP contribution is 2.16. The first-order valence-electron chi connectivity index (χ1n) is 4.66. The van der Waals surface area contributed by atoms with Crippen LogP contribution >= 0.6 is 0 Å². The van der Waals surface area contributed by atoms with E-state index in [0.717, 1.165) is 0 Å². The van der Waals surface area contributed by atoms with Gasteiger partial charge in [-0.25, -0.2) is 0 Å². The zero-order valence-corrected chi connectivity index (χ0v) is 8.70. The Labute approximate surface area is 91.6 Å². The normalized spacial score (nSPS) is 12.6. The Hall–Kier alpha value is -1.86. The molecule has 16 heavy (non-hydrogen) atoms. The zero-order valence-electron chi connectivity index (χ0n) is 8.70. The van der Waals surface area contributed by atoms with Crippen LogP contribution in [0.3, 0.4) is 0 Å². The summed E-state index contributed by atoms with van der Waals surface area (Å²) in [6, 6.07) is 1.34. The molecule has 0 amide bonds. The lowest BCUT2D eigenvalue weighted by atomic mass is 10.3. The lowest BCUT2D eigenvalue weighted by Crippen LogP contribution is -2.17. The molecule has 0 aromatic carbocycles. The summed E-state index contributed by atoms with van der Waals surface area (Å²) in [5.41, 5.74) is 6.47. The number of ether oxygens (including phenoxy) is 1. The van der Waals surface area contributed by atoms with Crippen LogP contribution < -0.4 is 5.73 Å². The minimum atomic E-state index is -0.391. The first kappa shape index (κ1) is 10.7. The number of hydrogen-bond acceptors (Lipinski definition) is 7. The van der Waals surface area contributed by atoms with Crippen LogP contribution in [0.15, 0.2) is 23.0 Å². The van der Waals surface area contributed by atoms with Gasteiger partial charge in [0, 0.05) is 7.11 Å². The molecule has 2 rings (SSSR count). The van der Waals surface area contributed by atoms with Crippen LogP contribution in [0.4, 0.5) is 0 Å². The van der Waals surface area contributed by atoms with Gasteiger partial charge in [-0.3, -0.25) is 0 Å². The van der Waals surface area contributed by atoms with E-state index < -0.39 is 6.04 Å². The van der Waals surface area contributed by atoms with Gasteiger partial charge in [-0.2, -0.15) is 15.2 Å². The van der Waals surface area contributed by atoms with Gasteiger partial charge in [0.05, 0.1) is 30.6 Å². The molecule has 2 heterocycles. The van der Waals surface area contributed by atoms with Crippen molar-refractivity contribution in [3.05, 3.63) is 24.3 Å². The molecule has 0 radical (unpaired) electrons. The molecule has 0 bridgehead atoms. The Morgan fingerprint density at radius 3 is 3.06 bits per heavy atom. The van der Waals surface area contributed by atoms with Crippen LogP contribution in [-0.4, -0.2) is 34.1 Å². The van der Waals surface area contributed by atoms with Crippen molar-refractivity contribution < 1.29 is 9.26 Å². The van der Waals surface area contributed by atoms with E-state index in [4.69, 9.17) is 15.0 Å². The predicted octanol–water partition coefficient (Wildman–Crippen LogP) is 0.173. The molecule has 84 valence electrons. The van der Waals surface area contributed by atoms with Crippen molar-refractivity contribution in [3.63, 3.8) is 0 Å². The van der Waals surface area contributed by atoms with Crippen LogP contribution in [0.5, 0.6) is 0 Å². The number of rotatable bonds is 4. The molecule has 7 nitrogen and oxygen atoms in total. The quantitative estimate of drug-likeness (QED) is 0.785. The van der Waals surface area contributed by atoms with Crippen molar-refractivity contribution >= 4 is 0 Å². The maximum absolute atomic E-state index is 5.76. The molecule has 0 aliphatic rings. The third-order valence-electron chi connectivity index (χ3n) is 1.95. The predicted molar refractivity (Wildman–Crippen MR) is 54.1 cm³/mol. The van der Waals surface area contributed by atoms with Crippen LogP contribution in [-0.2, 0) is 4.74 Å². The third-order valence-corrected chi connectivity index (χ3v) is 1.95. The van der Waals surface area contributed by atoms with Crippen LogP contribution in [0, 0.1) is 0 Å². The average molecular weight is 221 g/mol. The Bertz CT molecular complexity index is 444. The van der Waals surface area contributed by atoms with Crippen molar-refractivity contribution in [2.24, 2.45) is 5.73 Å². The summed E-state index contributed by atoms with van der Waals surface area (Å²) >= 11 is 0. The summed E-state index contributed by atoms with van der Waals surface area (Å²) in [6.45, 7) is 0.341. The van der Waals surface area contributed by atoms with Crippen molar-refractivity contribution in [2.45, 2.75) is 6.04 Å². The van der Waals surface area contributed by atoms with E-state index >= 15 is 0 Å². The molecule has 1 atom stereocenters. The molecular weight excluding hydrogens is 210 g/mol. The van der Waals surface area contributed by atoms with Crippen LogP contribution in [0.2, 0.25) is 0 Å². The van der Waals surface area contributed by atoms with E-state index in [1.165, 1.54) is 0 Å². The molecule has 2 aromatic rings. The number of aromatic nitrogens is 4. The summed E-state index contributed by atoms with van der Waals surface area (Å²) in [7, 11) is 1.56. The zero-order chi connectivity index (χ0) is 11.4. The number of nitrogens with zero attached hydrogens (tertiary/aromatic N) is 4. The van der Waals surface area contributed by atoms with Crippen molar-refractivity contribution in [1.29, 1.82) is 0 Å². The maximum Gasteiger partial charge on any atom is 0.259 e. The summed E-state index contributed by atoms with van der Waals surface area (Å²) in [6.07, 6.45) is 3.09. The lowest BCUT2D eigenvalue weighted by Gasteiger charge is -2.02. The Morgan fingerprint density at radius 2 is 2.38 bits per heavy atom. The summed E-state index contributed by atoms with van der Waals surface area (Å²) in [4.78, 5) is 4.15. The smallest absolute Gasteiger partial charge is 0.259 e. The van der Waals surface area contributed by atoms with E-state index in [1.807, 2.05) is 0 Å². The molecule has 0 fully saturated rings. The molecule has 1 unspecified atom stereocenters. The van der Waals surface area contributed by atoms with Crippen LogP contribution in [0.25, 0.3) is 11.5 Å². The molecule has 2 N–H and O–H groups in total. The maximum atomic E-state index is 5.76. The first-order chi connectivity index (χ1) is 7.81. The van der Waals surface area contributed by atoms with Gasteiger partial charge in [-0.15, -0.1) is 0 Å². The minimum absolute atomic E-state index is 0.341. The summed E-state index contributed by atoms with van der Waals surface area (Å²) in [5.74, 6) is 0.783. The van der Waals surface area contributed by atoms with E-state index in [-0.39, 0.29) is 0 Å². The van der Waals surface area contributed by atoms with Crippen LogP contribution in [0.1, 0.15) is 11.9 Å². The standard InChI is InChI=1S/C9H11N5O2/c1-15-5-7(10)8-13-9(16-14-8)6-2-3-11-12-4-6/h2-4,7H,5,10H2,1H3. The summed E-state index contributed by atoms with van der Waals surface area (Å²) in [5, 5.41) is 11.1. The molecule has 0 saturated heterocycles. The lowest BCUT2D eigenvalue weighted by molar-refractivity contribution is 0.177. The topological polar surface area (TPSA) is 100.0 Å². The van der Waals surface area contributed by atoms with Gasteiger partial charge in [0.25, 0.3) is 5.89 Å². The van der Waals surface area contributed by atoms with E-state index in [2.05, 4.69) is 20.3 Å². The Morgan fingerprint density at radius 1 is 1.50 bits per heavy atom. The minimum Gasteiger partial charge on any atom is -0.383 e. The fourth-order valence-corrected chi connectivity index (χ4v) is 1.17. The molecule has 0 spiro atoms. The van der Waals surface area contributed by atoms with E-state index in [9.17, 15) is 0 Å². The molecule has 7 heteroatoms. The van der Waals surface area contributed by atoms with Gasteiger partial charge in [0.2, 0.25) is 0 Å². The van der Waals surface area contributed by atoms with Crippen molar-refractivity contribution in [2.75, 3.05) is 13.7 Å². The van der Waals surface area contributed by atoms with Gasteiger partial charge in [-0.05, 0) is 6.07 Å². The fourth-order valence-electron chi connectivity index (χ4n) is 1.17. The van der Waals surface area contributed by atoms with Gasteiger partial charge >= 0.3 is 0 Å². The average Bonchev–Trinajstić information content (AvgIpc) is 2.80. The van der Waals surface area contributed by atoms with Gasteiger partial charge < -0.3 is 15.0 Å². The highest BCUT2D eigenvalue weighted by molar-refractivity contribution is 5.49. The molecule has 0 aliphatic heterocycles.